The molecule has 6 heteroatoms. The van der Waals surface area contributed by atoms with Gasteiger partial charge in [-0.2, -0.15) is 0 Å². The first-order valence-electron chi connectivity index (χ1n) is 9.13. The highest BCUT2D eigenvalue weighted by Gasteiger charge is 2.22. The molecule has 5 nitrogen and oxygen atoms in total. The molecule has 28 heavy (non-hydrogen) atoms. The van der Waals surface area contributed by atoms with Crippen LogP contribution in [0.3, 0.4) is 0 Å². The van der Waals surface area contributed by atoms with Crippen LogP contribution in [0, 0.1) is 6.92 Å². The molecule has 0 unspecified atom stereocenters. The van der Waals surface area contributed by atoms with Crippen molar-refractivity contribution < 1.29 is 9.47 Å². The van der Waals surface area contributed by atoms with Gasteiger partial charge < -0.3 is 20.1 Å². The van der Waals surface area contributed by atoms with Crippen LogP contribution in [0.4, 0.5) is 0 Å². The van der Waals surface area contributed by atoms with Crippen molar-refractivity contribution in [3.63, 3.8) is 0 Å². The van der Waals surface area contributed by atoms with Crippen molar-refractivity contribution in [2.75, 3.05) is 27.8 Å². The summed E-state index contributed by atoms with van der Waals surface area (Å²) < 4.78 is 10.8. The third-order valence-corrected chi connectivity index (χ3v) is 4.79. The molecule has 0 aliphatic heterocycles. The van der Waals surface area contributed by atoms with Crippen molar-refractivity contribution in [3.8, 4) is 11.5 Å². The van der Waals surface area contributed by atoms with Crippen LogP contribution in [0.25, 0.3) is 0 Å². The number of nitrogens with zero attached hydrogens (tertiary/aromatic N) is 1. The number of nitrogens with one attached hydrogen (secondary N) is 2. The number of hydrogen-bond donors (Lipinski definition) is 2. The van der Waals surface area contributed by atoms with Gasteiger partial charge in [0.15, 0.2) is 17.5 Å². The number of ether oxygens (including phenoxy) is 2. The molecule has 0 heterocycles. The van der Waals surface area contributed by atoms with Crippen LogP contribution in [0.5, 0.6) is 11.5 Å². The van der Waals surface area contributed by atoms with Crippen LogP contribution in [0.15, 0.2) is 47.5 Å². The fourth-order valence-corrected chi connectivity index (χ4v) is 2.87. The summed E-state index contributed by atoms with van der Waals surface area (Å²) in [7, 11) is 5.09. The van der Waals surface area contributed by atoms with Crippen molar-refractivity contribution in [3.05, 3.63) is 59.2 Å². The van der Waals surface area contributed by atoms with Crippen molar-refractivity contribution >= 4 is 29.9 Å². The summed E-state index contributed by atoms with van der Waals surface area (Å²) >= 11 is 0. The fourth-order valence-electron chi connectivity index (χ4n) is 2.87. The third-order valence-electron chi connectivity index (χ3n) is 4.79. The fraction of sp³-hybridized carbons (Fsp3) is 0.409. The van der Waals surface area contributed by atoms with Gasteiger partial charge in [0.25, 0.3) is 0 Å². The van der Waals surface area contributed by atoms with E-state index in [0.717, 1.165) is 30.5 Å². The van der Waals surface area contributed by atoms with Gasteiger partial charge in [-0.15, -0.1) is 24.0 Å². The second-order valence-electron chi connectivity index (χ2n) is 7.16. The molecule has 0 fully saturated rings. The molecule has 0 radical (unpaired) electrons. The summed E-state index contributed by atoms with van der Waals surface area (Å²) in [6, 6.07) is 14.4. The molecule has 154 valence electrons. The van der Waals surface area contributed by atoms with Crippen molar-refractivity contribution in [1.29, 1.82) is 0 Å². The Balaban J connectivity index is 0.00000392. The van der Waals surface area contributed by atoms with Gasteiger partial charge >= 0.3 is 0 Å². The minimum atomic E-state index is -0.111. The summed E-state index contributed by atoms with van der Waals surface area (Å²) in [6.07, 6.45) is 0. The van der Waals surface area contributed by atoms with Gasteiger partial charge in [-0.3, -0.25) is 4.99 Å². The highest BCUT2D eigenvalue weighted by atomic mass is 127. The van der Waals surface area contributed by atoms with E-state index in [-0.39, 0.29) is 29.4 Å². The molecule has 0 saturated heterocycles. The molecule has 0 spiro atoms. The number of methoxy groups -OCH3 is 2. The summed E-state index contributed by atoms with van der Waals surface area (Å²) in [4.78, 5) is 4.34. The number of benzene rings is 2. The summed E-state index contributed by atoms with van der Waals surface area (Å²) in [6.45, 7) is 7.97. The molecule has 0 aliphatic carbocycles. The molecule has 0 amide bonds. The molecular weight excluding hydrogens is 465 g/mol. The maximum absolute atomic E-state index is 5.44. The lowest BCUT2D eigenvalue weighted by atomic mass is 9.84. The van der Waals surface area contributed by atoms with Crippen LogP contribution in [0.1, 0.15) is 30.5 Å². The minimum absolute atomic E-state index is 0. The normalized spacial score (nSPS) is 11.4. The van der Waals surface area contributed by atoms with Crippen LogP contribution in [0.2, 0.25) is 0 Å². The zero-order valence-electron chi connectivity index (χ0n) is 17.6. The lowest BCUT2D eigenvalue weighted by molar-refractivity contribution is 0.353. The zero-order valence-corrected chi connectivity index (χ0v) is 20.0. The van der Waals surface area contributed by atoms with Crippen molar-refractivity contribution in [2.24, 2.45) is 4.99 Å². The third kappa shape index (κ3) is 6.29. The number of aliphatic imine (C=N–C) groups is 1. The van der Waals surface area contributed by atoms with Gasteiger partial charge in [0.2, 0.25) is 0 Å². The Morgan fingerprint density at radius 1 is 1.00 bits per heavy atom. The summed E-state index contributed by atoms with van der Waals surface area (Å²) in [5.41, 5.74) is 3.59. The van der Waals surface area contributed by atoms with Gasteiger partial charge in [-0.1, -0.05) is 44.2 Å². The van der Waals surface area contributed by atoms with E-state index in [1.807, 2.05) is 12.1 Å². The van der Waals surface area contributed by atoms with Gasteiger partial charge in [0.05, 0.1) is 14.2 Å². The molecule has 2 N–H and O–H groups in total. The molecule has 2 aromatic rings. The van der Waals surface area contributed by atoms with E-state index in [1.165, 1.54) is 16.7 Å². The van der Waals surface area contributed by atoms with Crippen LogP contribution in [-0.4, -0.2) is 33.8 Å². The minimum Gasteiger partial charge on any atom is -0.493 e. The van der Waals surface area contributed by atoms with Gasteiger partial charge in [0.1, 0.15) is 0 Å². The molecule has 2 rings (SSSR count). The van der Waals surface area contributed by atoms with Gasteiger partial charge in [-0.25, -0.2) is 0 Å². The Morgan fingerprint density at radius 2 is 1.68 bits per heavy atom. The van der Waals surface area contributed by atoms with Crippen molar-refractivity contribution in [1.82, 2.24) is 10.6 Å². The molecule has 2 aromatic carbocycles. The monoisotopic (exact) mass is 497 g/mol. The average Bonchev–Trinajstić information content (AvgIpc) is 2.68. The Bertz CT molecular complexity index is 791. The number of hydrogen-bond acceptors (Lipinski definition) is 3. The highest BCUT2D eigenvalue weighted by Crippen LogP contribution is 2.32. The van der Waals surface area contributed by atoms with Gasteiger partial charge in [0, 0.05) is 25.6 Å². The predicted molar refractivity (Wildman–Crippen MR) is 127 cm³/mol. The van der Waals surface area contributed by atoms with Crippen molar-refractivity contribution in [2.45, 2.75) is 32.7 Å². The summed E-state index contributed by atoms with van der Waals surface area (Å²) in [5, 5.41) is 6.82. The Kier molecular flexibility index (Phi) is 9.58. The predicted octanol–water partition coefficient (Wildman–Crippen LogP) is 4.27. The number of halogens is 1. The first-order valence-corrected chi connectivity index (χ1v) is 9.13. The van der Waals surface area contributed by atoms with E-state index < -0.39 is 0 Å². The lowest BCUT2D eigenvalue weighted by Crippen LogP contribution is -2.43. The molecular formula is C22H32IN3O2. The van der Waals surface area contributed by atoms with Crippen LogP contribution < -0.4 is 20.1 Å². The molecule has 0 aromatic heterocycles. The second kappa shape index (κ2) is 11.1. The standard InChI is InChI=1S/C22H31N3O2.HI/c1-16-9-7-8-10-17(16)14-24-21(23-4)25-15-22(2,3)18-11-12-19(26-5)20(13-18)27-6;/h7-13H,14-15H2,1-6H3,(H2,23,24,25);1H. The Labute approximate surface area is 186 Å². The zero-order chi connectivity index (χ0) is 19.9. The van der Waals surface area contributed by atoms with Crippen LogP contribution in [-0.2, 0) is 12.0 Å². The van der Waals surface area contributed by atoms with E-state index >= 15 is 0 Å². The van der Waals surface area contributed by atoms with E-state index in [2.05, 4.69) is 66.7 Å². The second-order valence-corrected chi connectivity index (χ2v) is 7.16. The molecule has 0 saturated carbocycles. The van der Waals surface area contributed by atoms with Gasteiger partial charge in [-0.05, 0) is 35.7 Å². The molecule has 0 bridgehead atoms. The number of guanidine groups is 1. The topological polar surface area (TPSA) is 54.9 Å². The smallest absolute Gasteiger partial charge is 0.191 e. The Morgan fingerprint density at radius 3 is 2.29 bits per heavy atom. The number of aryl methyl sites for hydroxylation is 1. The lowest BCUT2D eigenvalue weighted by Gasteiger charge is -2.27. The van der Waals surface area contributed by atoms with E-state index in [0.29, 0.717) is 0 Å². The molecule has 0 atom stereocenters. The first kappa shape index (κ1) is 24.1. The highest BCUT2D eigenvalue weighted by molar-refractivity contribution is 14.0. The Hall–Kier alpha value is -1.96. The largest absolute Gasteiger partial charge is 0.493 e. The first-order chi connectivity index (χ1) is 12.9. The molecule has 0 aliphatic rings. The van der Waals surface area contributed by atoms with Crippen LogP contribution >= 0.6 is 24.0 Å². The van der Waals surface area contributed by atoms with E-state index in [9.17, 15) is 0 Å². The maximum Gasteiger partial charge on any atom is 0.191 e. The SMILES string of the molecule is CN=C(NCc1ccccc1C)NCC(C)(C)c1ccc(OC)c(OC)c1.I. The number of rotatable bonds is 7. The summed E-state index contributed by atoms with van der Waals surface area (Å²) in [5.74, 6) is 2.26. The quantitative estimate of drug-likeness (QED) is 0.341. The van der Waals surface area contributed by atoms with E-state index in [4.69, 9.17) is 9.47 Å². The average molecular weight is 497 g/mol. The maximum atomic E-state index is 5.44. The van der Waals surface area contributed by atoms with E-state index in [1.54, 1.807) is 21.3 Å².